The lowest BCUT2D eigenvalue weighted by Crippen LogP contribution is -2.06. The Kier molecular flexibility index (Phi) is 2.33. The van der Waals surface area contributed by atoms with Crippen molar-refractivity contribution in [2.45, 2.75) is 26.4 Å². The van der Waals surface area contributed by atoms with Crippen molar-refractivity contribution < 1.29 is 4.74 Å². The molecule has 1 aromatic carbocycles. The molecular formula is C13H14N2OS. The topological polar surface area (TPSA) is 48.1 Å². The highest BCUT2D eigenvalue weighted by Gasteiger charge is 2.24. The van der Waals surface area contributed by atoms with Gasteiger partial charge in [0.2, 0.25) is 0 Å². The van der Waals surface area contributed by atoms with Crippen LogP contribution in [0.1, 0.15) is 30.2 Å². The maximum absolute atomic E-state index is 5.87. The summed E-state index contributed by atoms with van der Waals surface area (Å²) in [5.74, 6) is 1.42. The maximum Gasteiger partial charge on any atom is 0.180 e. The van der Waals surface area contributed by atoms with Gasteiger partial charge in [-0.05, 0) is 17.5 Å². The fraction of sp³-hybridized carbons (Fsp3) is 0.308. The highest BCUT2D eigenvalue weighted by molar-refractivity contribution is 7.15. The van der Waals surface area contributed by atoms with Gasteiger partial charge in [-0.1, -0.05) is 37.3 Å². The molecule has 4 heteroatoms. The average molecular weight is 246 g/mol. The number of anilines is 1. The summed E-state index contributed by atoms with van der Waals surface area (Å²) in [5, 5.41) is 0.612. The number of nitrogens with zero attached hydrogens (tertiary/aromatic N) is 1. The Bertz CT molecular complexity index is 575. The molecule has 0 atom stereocenters. The summed E-state index contributed by atoms with van der Waals surface area (Å²) in [5.41, 5.74) is 9.07. The molecule has 2 N–H and O–H groups in total. The Morgan fingerprint density at radius 2 is 2.24 bits per heavy atom. The number of hydrogen-bond donors (Lipinski definition) is 1. The summed E-state index contributed by atoms with van der Waals surface area (Å²) in [6.45, 7) is 4.93. The molecule has 0 saturated heterocycles. The van der Waals surface area contributed by atoms with Crippen LogP contribution in [0.25, 0.3) is 11.3 Å². The highest BCUT2D eigenvalue weighted by atomic mass is 32.1. The number of thiazole rings is 1. The monoisotopic (exact) mass is 246 g/mol. The van der Waals surface area contributed by atoms with Crippen molar-refractivity contribution >= 4 is 16.5 Å². The molecule has 2 heterocycles. The van der Waals surface area contributed by atoms with Crippen LogP contribution in [0.4, 0.5) is 5.13 Å². The second-order valence-corrected chi connectivity index (χ2v) is 5.61. The Labute approximate surface area is 104 Å². The third-order valence-corrected chi connectivity index (χ3v) is 3.84. The number of benzene rings is 1. The number of rotatable bonds is 1. The third-order valence-electron chi connectivity index (χ3n) is 2.98. The lowest BCUT2D eigenvalue weighted by molar-refractivity contribution is 0.301. The first-order valence-electron chi connectivity index (χ1n) is 5.68. The van der Waals surface area contributed by atoms with E-state index in [4.69, 9.17) is 10.5 Å². The molecule has 0 spiro atoms. The Morgan fingerprint density at radius 1 is 1.41 bits per heavy atom. The quantitative estimate of drug-likeness (QED) is 0.838. The van der Waals surface area contributed by atoms with Crippen molar-refractivity contribution in [1.82, 2.24) is 4.98 Å². The van der Waals surface area contributed by atoms with Gasteiger partial charge in [-0.25, -0.2) is 4.98 Å². The van der Waals surface area contributed by atoms with Crippen molar-refractivity contribution in [3.8, 4) is 17.0 Å². The van der Waals surface area contributed by atoms with E-state index >= 15 is 0 Å². The fourth-order valence-corrected chi connectivity index (χ4v) is 2.93. The van der Waals surface area contributed by atoms with Gasteiger partial charge in [-0.3, -0.25) is 0 Å². The van der Waals surface area contributed by atoms with Gasteiger partial charge in [0, 0.05) is 5.56 Å². The van der Waals surface area contributed by atoms with E-state index in [1.807, 2.05) is 0 Å². The molecule has 1 aliphatic rings. The number of nitrogens with two attached hydrogens (primary N) is 1. The van der Waals surface area contributed by atoms with Crippen LogP contribution in [0.15, 0.2) is 18.2 Å². The number of hydrogen-bond acceptors (Lipinski definition) is 4. The van der Waals surface area contributed by atoms with Gasteiger partial charge in [0.15, 0.2) is 5.13 Å². The minimum absolute atomic E-state index is 0.447. The highest BCUT2D eigenvalue weighted by Crippen LogP contribution is 2.43. The van der Waals surface area contributed by atoms with Crippen LogP contribution in [0.3, 0.4) is 0 Å². The van der Waals surface area contributed by atoms with E-state index in [1.54, 1.807) is 0 Å². The van der Waals surface area contributed by atoms with Crippen molar-refractivity contribution in [3.05, 3.63) is 28.6 Å². The van der Waals surface area contributed by atoms with Crippen LogP contribution < -0.4 is 10.5 Å². The molecule has 0 radical (unpaired) electrons. The first kappa shape index (κ1) is 10.6. The van der Waals surface area contributed by atoms with Crippen molar-refractivity contribution in [2.24, 2.45) is 0 Å². The predicted molar refractivity (Wildman–Crippen MR) is 70.4 cm³/mol. The van der Waals surface area contributed by atoms with Crippen molar-refractivity contribution in [1.29, 1.82) is 0 Å². The smallest absolute Gasteiger partial charge is 0.180 e. The molecule has 0 unspecified atom stereocenters. The first-order valence-corrected chi connectivity index (χ1v) is 6.49. The average Bonchev–Trinajstić information content (AvgIpc) is 2.68. The van der Waals surface area contributed by atoms with Crippen LogP contribution >= 0.6 is 11.3 Å². The van der Waals surface area contributed by atoms with Gasteiger partial charge in [0.25, 0.3) is 0 Å². The summed E-state index contributed by atoms with van der Waals surface area (Å²) in [7, 11) is 0. The van der Waals surface area contributed by atoms with Gasteiger partial charge < -0.3 is 10.5 Å². The second-order valence-electron chi connectivity index (χ2n) is 4.49. The second kappa shape index (κ2) is 3.74. The van der Waals surface area contributed by atoms with Crippen molar-refractivity contribution in [3.63, 3.8) is 0 Å². The molecule has 3 nitrogen and oxygen atoms in total. The SMILES string of the molecule is CC(C)c1cccc2c1OCc1sc(N)nc1-2. The summed E-state index contributed by atoms with van der Waals surface area (Å²) in [4.78, 5) is 5.53. The standard InChI is InChI=1S/C13H14N2OS/c1-7(2)8-4-3-5-9-11-10(6-16-12(8)9)17-13(14)15-11/h3-5,7H,6H2,1-2H3,(H2,14,15). The normalized spacial score (nSPS) is 13.1. The molecule has 17 heavy (non-hydrogen) atoms. The van der Waals surface area contributed by atoms with Gasteiger partial charge in [-0.2, -0.15) is 0 Å². The lowest BCUT2D eigenvalue weighted by atomic mass is 9.96. The molecule has 1 aliphatic heterocycles. The van der Waals surface area contributed by atoms with Crippen LogP contribution in [0.5, 0.6) is 5.75 Å². The van der Waals surface area contributed by atoms with Gasteiger partial charge in [-0.15, -0.1) is 0 Å². The number of aromatic nitrogens is 1. The Hall–Kier alpha value is -1.55. The molecule has 0 fully saturated rings. The minimum Gasteiger partial charge on any atom is -0.487 e. The number of nitrogen functional groups attached to an aromatic ring is 1. The summed E-state index contributed by atoms with van der Waals surface area (Å²) >= 11 is 1.51. The third kappa shape index (κ3) is 1.60. The largest absolute Gasteiger partial charge is 0.487 e. The number of para-hydroxylation sites is 1. The molecule has 0 aliphatic carbocycles. The van der Waals surface area contributed by atoms with E-state index in [-0.39, 0.29) is 0 Å². The number of fused-ring (bicyclic) bond motifs is 3. The fourth-order valence-electron chi connectivity index (χ4n) is 2.17. The zero-order chi connectivity index (χ0) is 12.0. The minimum atomic E-state index is 0.447. The molecule has 0 amide bonds. The molecule has 88 valence electrons. The Morgan fingerprint density at radius 3 is 3.00 bits per heavy atom. The molecule has 2 aromatic rings. The van der Waals surface area contributed by atoms with Crippen LogP contribution in [-0.2, 0) is 6.61 Å². The van der Waals surface area contributed by atoms with E-state index in [0.717, 1.165) is 21.9 Å². The molecule has 0 saturated carbocycles. The molecule has 0 bridgehead atoms. The van der Waals surface area contributed by atoms with E-state index in [1.165, 1.54) is 16.9 Å². The van der Waals surface area contributed by atoms with E-state index < -0.39 is 0 Å². The Balaban J connectivity index is 2.23. The molecule has 3 rings (SSSR count). The van der Waals surface area contributed by atoms with E-state index in [0.29, 0.717) is 17.7 Å². The van der Waals surface area contributed by atoms with E-state index in [2.05, 4.69) is 37.0 Å². The summed E-state index contributed by atoms with van der Waals surface area (Å²) in [6.07, 6.45) is 0. The predicted octanol–water partition coefficient (Wildman–Crippen LogP) is 3.41. The maximum atomic E-state index is 5.87. The zero-order valence-electron chi connectivity index (χ0n) is 9.86. The lowest BCUT2D eigenvalue weighted by Gasteiger charge is -2.21. The molecule has 1 aromatic heterocycles. The van der Waals surface area contributed by atoms with Crippen LogP contribution in [0.2, 0.25) is 0 Å². The van der Waals surface area contributed by atoms with E-state index in [9.17, 15) is 0 Å². The summed E-state index contributed by atoms with van der Waals surface area (Å²) in [6, 6.07) is 6.23. The number of ether oxygens (including phenoxy) is 1. The van der Waals surface area contributed by atoms with Gasteiger partial charge in [0.1, 0.15) is 12.4 Å². The first-order chi connectivity index (χ1) is 8.16. The van der Waals surface area contributed by atoms with Crippen molar-refractivity contribution in [2.75, 3.05) is 5.73 Å². The van der Waals surface area contributed by atoms with Crippen LogP contribution in [-0.4, -0.2) is 4.98 Å². The van der Waals surface area contributed by atoms with Gasteiger partial charge >= 0.3 is 0 Å². The van der Waals surface area contributed by atoms with Gasteiger partial charge in [0.05, 0.1) is 10.6 Å². The zero-order valence-corrected chi connectivity index (χ0v) is 10.7. The molecular weight excluding hydrogens is 232 g/mol. The summed E-state index contributed by atoms with van der Waals surface area (Å²) < 4.78 is 5.87. The van der Waals surface area contributed by atoms with Crippen LogP contribution in [0, 0.1) is 0 Å².